The van der Waals surface area contributed by atoms with Crippen LogP contribution >= 0.6 is 0 Å². The van der Waals surface area contributed by atoms with Crippen LogP contribution in [0.4, 0.5) is 0 Å². The molecule has 1 aliphatic heterocycles. The zero-order chi connectivity index (χ0) is 21.8. The lowest BCUT2D eigenvalue weighted by Gasteiger charge is -2.33. The van der Waals surface area contributed by atoms with E-state index in [9.17, 15) is 9.90 Å². The van der Waals surface area contributed by atoms with E-state index >= 15 is 0 Å². The summed E-state index contributed by atoms with van der Waals surface area (Å²) in [6, 6.07) is 20.2. The molecular weight excluding hydrogens is 388 g/mol. The average Bonchev–Trinajstić information content (AvgIpc) is 2.82. The third kappa shape index (κ3) is 4.14. The van der Waals surface area contributed by atoms with Crippen LogP contribution in [0.5, 0.6) is 5.75 Å². The molecule has 158 valence electrons. The number of amidine groups is 1. The number of fused-ring (bicyclic) bond motifs is 1. The molecule has 3 aromatic rings. The number of allylic oxidation sites excluding steroid dienone is 1. The molecule has 1 aliphatic rings. The Morgan fingerprint density at radius 1 is 1.16 bits per heavy atom. The summed E-state index contributed by atoms with van der Waals surface area (Å²) in [4.78, 5) is 17.0. The molecular formula is C25H26N4O2. The minimum atomic E-state index is -0.520. The SMILES string of the molecule is CC/C(C)=C/NC1=NCC(C(c2ccccc2)c2ccccc2)n2ncc(=O)c(O)c21. The quantitative estimate of drug-likeness (QED) is 0.662. The first-order chi connectivity index (χ1) is 15.1. The number of nitrogens with zero attached hydrogens (tertiary/aromatic N) is 3. The summed E-state index contributed by atoms with van der Waals surface area (Å²) in [6.45, 7) is 4.53. The van der Waals surface area contributed by atoms with Crippen LogP contribution in [0.25, 0.3) is 0 Å². The minimum absolute atomic E-state index is 0.0474. The molecule has 0 saturated carbocycles. The zero-order valence-corrected chi connectivity index (χ0v) is 17.7. The molecule has 0 aliphatic carbocycles. The molecule has 0 fully saturated rings. The van der Waals surface area contributed by atoms with Crippen molar-refractivity contribution in [3.63, 3.8) is 0 Å². The zero-order valence-electron chi connectivity index (χ0n) is 17.7. The lowest BCUT2D eigenvalue weighted by Crippen LogP contribution is -2.37. The van der Waals surface area contributed by atoms with Crippen LogP contribution in [-0.2, 0) is 0 Å². The fourth-order valence-corrected chi connectivity index (χ4v) is 3.88. The molecule has 0 saturated heterocycles. The Kier molecular flexibility index (Phi) is 5.98. The van der Waals surface area contributed by atoms with Gasteiger partial charge in [-0.2, -0.15) is 5.10 Å². The Morgan fingerprint density at radius 2 is 1.77 bits per heavy atom. The average molecular weight is 415 g/mol. The summed E-state index contributed by atoms with van der Waals surface area (Å²) in [5.41, 5.74) is 3.18. The van der Waals surface area contributed by atoms with Crippen LogP contribution in [0.1, 0.15) is 49.0 Å². The van der Waals surface area contributed by atoms with Crippen LogP contribution in [-0.4, -0.2) is 27.3 Å². The number of aromatic hydroxyl groups is 1. The summed E-state index contributed by atoms with van der Waals surface area (Å²) in [6.07, 6.45) is 3.92. The van der Waals surface area contributed by atoms with Crippen LogP contribution in [0, 0.1) is 0 Å². The smallest absolute Gasteiger partial charge is 0.242 e. The third-order valence-corrected chi connectivity index (χ3v) is 5.68. The molecule has 0 radical (unpaired) electrons. The molecule has 6 heteroatoms. The van der Waals surface area contributed by atoms with Gasteiger partial charge in [-0.25, -0.2) is 0 Å². The number of hydrogen-bond acceptors (Lipinski definition) is 5. The summed E-state index contributed by atoms with van der Waals surface area (Å²) < 4.78 is 1.74. The van der Waals surface area contributed by atoms with Crippen molar-refractivity contribution in [3.05, 3.63) is 106 Å². The van der Waals surface area contributed by atoms with Gasteiger partial charge in [-0.15, -0.1) is 0 Å². The molecule has 1 atom stereocenters. The maximum atomic E-state index is 12.2. The van der Waals surface area contributed by atoms with E-state index in [1.165, 1.54) is 6.20 Å². The largest absolute Gasteiger partial charge is 0.503 e. The second kappa shape index (κ2) is 9.00. The van der Waals surface area contributed by atoms with E-state index in [2.05, 4.69) is 41.6 Å². The second-order valence-electron chi connectivity index (χ2n) is 7.69. The number of hydrogen-bond donors (Lipinski definition) is 2. The van der Waals surface area contributed by atoms with Gasteiger partial charge in [0.25, 0.3) is 0 Å². The Hall–Kier alpha value is -3.67. The lowest BCUT2D eigenvalue weighted by molar-refractivity contribution is 0.378. The van der Waals surface area contributed by atoms with Crippen molar-refractivity contribution in [2.45, 2.75) is 32.2 Å². The van der Waals surface area contributed by atoms with Gasteiger partial charge < -0.3 is 10.4 Å². The highest BCUT2D eigenvalue weighted by Crippen LogP contribution is 2.38. The molecule has 2 heterocycles. The molecule has 6 nitrogen and oxygen atoms in total. The molecule has 2 aromatic carbocycles. The van der Waals surface area contributed by atoms with E-state index in [0.717, 1.165) is 23.1 Å². The van der Waals surface area contributed by atoms with Crippen LogP contribution in [0.3, 0.4) is 0 Å². The van der Waals surface area contributed by atoms with E-state index < -0.39 is 5.43 Å². The van der Waals surface area contributed by atoms with Gasteiger partial charge in [-0.1, -0.05) is 73.2 Å². The van der Waals surface area contributed by atoms with Crippen LogP contribution < -0.4 is 10.7 Å². The van der Waals surface area contributed by atoms with Crippen molar-refractivity contribution in [2.75, 3.05) is 6.54 Å². The van der Waals surface area contributed by atoms with Crippen molar-refractivity contribution in [1.29, 1.82) is 0 Å². The van der Waals surface area contributed by atoms with Crippen LogP contribution in [0.15, 0.2) is 88.4 Å². The molecule has 2 N–H and O–H groups in total. The lowest BCUT2D eigenvalue weighted by atomic mass is 9.84. The standard InChI is InChI=1S/C25H26N4O2/c1-3-17(2)14-26-25-23-24(31)21(30)16-28-29(23)20(15-27-25)22(18-10-6-4-7-11-18)19-12-8-5-9-13-19/h4-14,16,20,22,31H,3,15H2,1-2H3,(H,26,27)/b17-14+. The van der Waals surface area contributed by atoms with Crippen molar-refractivity contribution >= 4 is 5.84 Å². The molecule has 31 heavy (non-hydrogen) atoms. The van der Waals surface area contributed by atoms with Gasteiger partial charge in [0.15, 0.2) is 11.6 Å². The first kappa shape index (κ1) is 20.6. The van der Waals surface area contributed by atoms with Crippen molar-refractivity contribution < 1.29 is 5.11 Å². The summed E-state index contributed by atoms with van der Waals surface area (Å²) in [5.74, 6) is 0.0637. The monoisotopic (exact) mass is 414 g/mol. The highest BCUT2D eigenvalue weighted by atomic mass is 16.3. The first-order valence-electron chi connectivity index (χ1n) is 10.5. The molecule has 0 spiro atoms. The molecule has 1 unspecified atom stereocenters. The van der Waals surface area contributed by atoms with Gasteiger partial charge >= 0.3 is 0 Å². The predicted octanol–water partition coefficient (Wildman–Crippen LogP) is 3.99. The summed E-state index contributed by atoms with van der Waals surface area (Å²) in [5, 5.41) is 18.3. The van der Waals surface area contributed by atoms with E-state index in [1.807, 2.05) is 49.5 Å². The first-order valence-corrected chi connectivity index (χ1v) is 10.5. The molecule has 1 aromatic heterocycles. The van der Waals surface area contributed by atoms with E-state index in [4.69, 9.17) is 4.99 Å². The van der Waals surface area contributed by atoms with Crippen molar-refractivity contribution in [3.8, 4) is 5.75 Å². The van der Waals surface area contributed by atoms with Gasteiger partial charge in [-0.3, -0.25) is 14.5 Å². The van der Waals surface area contributed by atoms with E-state index in [1.54, 1.807) is 4.68 Å². The minimum Gasteiger partial charge on any atom is -0.503 e. The number of benzene rings is 2. The van der Waals surface area contributed by atoms with Crippen molar-refractivity contribution in [2.24, 2.45) is 4.99 Å². The maximum Gasteiger partial charge on any atom is 0.242 e. The van der Waals surface area contributed by atoms with E-state index in [-0.39, 0.29) is 17.7 Å². The summed E-state index contributed by atoms with van der Waals surface area (Å²) >= 11 is 0. The van der Waals surface area contributed by atoms with Crippen molar-refractivity contribution in [1.82, 2.24) is 15.1 Å². The topological polar surface area (TPSA) is 79.5 Å². The fourth-order valence-electron chi connectivity index (χ4n) is 3.88. The maximum absolute atomic E-state index is 12.2. The van der Waals surface area contributed by atoms with Gasteiger partial charge in [0.2, 0.25) is 5.43 Å². The van der Waals surface area contributed by atoms with Gasteiger partial charge in [0.05, 0.1) is 18.8 Å². The molecule has 0 bridgehead atoms. The Bertz CT molecular complexity index is 1130. The predicted molar refractivity (Wildman–Crippen MR) is 123 cm³/mol. The van der Waals surface area contributed by atoms with Crippen LogP contribution in [0.2, 0.25) is 0 Å². The van der Waals surface area contributed by atoms with E-state index in [0.29, 0.717) is 18.1 Å². The fraction of sp³-hybridized carbons (Fsp3) is 0.240. The highest BCUT2D eigenvalue weighted by molar-refractivity contribution is 6.00. The number of aliphatic imine (C=N–C) groups is 1. The Labute approximate surface area is 181 Å². The summed E-state index contributed by atoms with van der Waals surface area (Å²) in [7, 11) is 0. The Balaban J connectivity index is 1.85. The number of rotatable bonds is 5. The van der Waals surface area contributed by atoms with Gasteiger partial charge in [0, 0.05) is 12.1 Å². The van der Waals surface area contributed by atoms with Gasteiger partial charge in [0.1, 0.15) is 5.69 Å². The number of aromatic nitrogens is 2. The third-order valence-electron chi connectivity index (χ3n) is 5.68. The molecule has 4 rings (SSSR count). The highest BCUT2D eigenvalue weighted by Gasteiger charge is 2.33. The second-order valence-corrected chi connectivity index (χ2v) is 7.69. The Morgan fingerprint density at radius 3 is 2.35 bits per heavy atom. The number of nitrogens with one attached hydrogen (secondary N) is 1. The molecule has 0 amide bonds. The normalized spacial score (nSPS) is 16.0. The van der Waals surface area contributed by atoms with Gasteiger partial charge in [-0.05, 0) is 24.5 Å².